The molecule has 1 aromatic heterocycles. The molecule has 0 spiro atoms. The zero-order chi connectivity index (χ0) is 19.5. The van der Waals surface area contributed by atoms with E-state index in [0.29, 0.717) is 12.4 Å². The number of carbonyl (C=O) groups is 1. The highest BCUT2D eigenvalue weighted by atomic mass is 16.5. The molecule has 3 aromatic rings. The molecule has 0 bridgehead atoms. The Morgan fingerprint density at radius 1 is 1.04 bits per heavy atom. The fourth-order valence-corrected chi connectivity index (χ4v) is 3.73. The predicted molar refractivity (Wildman–Crippen MR) is 104 cm³/mol. The van der Waals surface area contributed by atoms with Crippen LogP contribution in [-0.2, 0) is 9.53 Å². The molecular weight excluding hydrogens is 356 g/mol. The highest BCUT2D eigenvalue weighted by Gasteiger charge is 2.39. The third kappa shape index (κ3) is 3.25. The van der Waals surface area contributed by atoms with Gasteiger partial charge in [0, 0.05) is 7.11 Å². The molecule has 0 radical (unpaired) electrons. The molecule has 7 heteroatoms. The number of amides is 1. The van der Waals surface area contributed by atoms with E-state index >= 15 is 0 Å². The number of fused-ring (bicyclic) bond motifs is 1. The van der Waals surface area contributed by atoms with Crippen LogP contribution in [-0.4, -0.2) is 41.5 Å². The lowest BCUT2D eigenvalue weighted by atomic mass is 9.92. The number of carbonyl (C=O) groups excluding carboxylic acids is 1. The summed E-state index contributed by atoms with van der Waals surface area (Å²) >= 11 is 0. The first-order chi connectivity index (χ1) is 13.7. The van der Waals surface area contributed by atoms with Crippen LogP contribution in [0.1, 0.15) is 29.6 Å². The van der Waals surface area contributed by atoms with Crippen molar-refractivity contribution in [2.45, 2.75) is 18.5 Å². The van der Waals surface area contributed by atoms with Gasteiger partial charge in [-0.3, -0.25) is 9.69 Å². The van der Waals surface area contributed by atoms with Crippen molar-refractivity contribution in [3.63, 3.8) is 0 Å². The second-order valence-corrected chi connectivity index (χ2v) is 6.65. The van der Waals surface area contributed by atoms with Gasteiger partial charge in [-0.05, 0) is 29.7 Å². The first-order valence-electron chi connectivity index (χ1n) is 9.12. The number of aromatic nitrogens is 3. The average molecular weight is 378 g/mol. The third-order valence-electron chi connectivity index (χ3n) is 5.04. The Kier molecular flexibility index (Phi) is 5.08. The summed E-state index contributed by atoms with van der Waals surface area (Å²) in [6.07, 6.45) is 2.18. The predicted octanol–water partition coefficient (Wildman–Crippen LogP) is 3.00. The second-order valence-electron chi connectivity index (χ2n) is 6.65. The van der Waals surface area contributed by atoms with Gasteiger partial charge < -0.3 is 9.47 Å². The maximum Gasteiger partial charge on any atom is 0.255 e. The first kappa shape index (κ1) is 18.2. The van der Waals surface area contributed by atoms with Crippen LogP contribution in [0.4, 0.5) is 5.95 Å². The van der Waals surface area contributed by atoms with Crippen molar-refractivity contribution in [2.24, 2.45) is 0 Å². The molecule has 2 heterocycles. The third-order valence-corrected chi connectivity index (χ3v) is 5.04. The van der Waals surface area contributed by atoms with Gasteiger partial charge >= 0.3 is 0 Å². The smallest absolute Gasteiger partial charge is 0.255 e. The van der Waals surface area contributed by atoms with Crippen LogP contribution >= 0.6 is 0 Å². The Bertz CT molecular complexity index is 940. The van der Waals surface area contributed by atoms with Gasteiger partial charge in [0.15, 0.2) is 0 Å². The topological polar surface area (TPSA) is 69.5 Å². The van der Waals surface area contributed by atoms with E-state index in [9.17, 15) is 4.79 Å². The lowest BCUT2D eigenvalue weighted by Gasteiger charge is -2.39. The Labute approximate surface area is 163 Å². The van der Waals surface area contributed by atoms with Crippen LogP contribution in [0.15, 0.2) is 60.9 Å². The molecule has 144 valence electrons. The highest BCUT2D eigenvalue weighted by Crippen LogP contribution is 2.41. The van der Waals surface area contributed by atoms with Crippen LogP contribution in [0.25, 0.3) is 0 Å². The SMILES string of the molecule is COCC(=O)N1c2ncnn2[C@H](c2ccc(OC)cc2)C[C@@H]1c1ccccc1. The van der Waals surface area contributed by atoms with Crippen molar-refractivity contribution < 1.29 is 14.3 Å². The summed E-state index contributed by atoms with van der Waals surface area (Å²) in [7, 11) is 3.17. The lowest BCUT2D eigenvalue weighted by molar-refractivity contribution is -0.123. The number of methoxy groups -OCH3 is 2. The maximum atomic E-state index is 12.9. The van der Waals surface area contributed by atoms with Gasteiger partial charge in [-0.2, -0.15) is 10.1 Å². The normalized spacial score (nSPS) is 18.6. The van der Waals surface area contributed by atoms with Crippen LogP contribution in [0.3, 0.4) is 0 Å². The zero-order valence-electron chi connectivity index (χ0n) is 15.9. The summed E-state index contributed by atoms with van der Waals surface area (Å²) < 4.78 is 12.2. The molecule has 7 nitrogen and oxygen atoms in total. The number of anilines is 1. The lowest BCUT2D eigenvalue weighted by Crippen LogP contribution is -2.44. The van der Waals surface area contributed by atoms with Gasteiger partial charge in [0.2, 0.25) is 5.95 Å². The van der Waals surface area contributed by atoms with Gasteiger partial charge in [-0.15, -0.1) is 0 Å². The molecule has 0 saturated carbocycles. The number of ether oxygens (including phenoxy) is 2. The van der Waals surface area contributed by atoms with Gasteiger partial charge in [0.25, 0.3) is 5.91 Å². The van der Waals surface area contributed by atoms with Gasteiger partial charge in [-0.1, -0.05) is 42.5 Å². The summed E-state index contributed by atoms with van der Waals surface area (Å²) in [6, 6.07) is 17.7. The van der Waals surface area contributed by atoms with Crippen LogP contribution in [0.2, 0.25) is 0 Å². The molecule has 28 heavy (non-hydrogen) atoms. The highest BCUT2D eigenvalue weighted by molar-refractivity contribution is 5.93. The molecule has 0 N–H and O–H groups in total. The minimum Gasteiger partial charge on any atom is -0.497 e. The van der Waals surface area contributed by atoms with E-state index in [2.05, 4.69) is 10.1 Å². The molecule has 1 amide bonds. The summed E-state index contributed by atoms with van der Waals surface area (Å²) in [5, 5.41) is 4.42. The number of benzene rings is 2. The van der Waals surface area contributed by atoms with E-state index in [1.807, 2.05) is 59.3 Å². The fraction of sp³-hybridized carbons (Fsp3) is 0.286. The van der Waals surface area contributed by atoms with E-state index in [-0.39, 0.29) is 24.6 Å². The monoisotopic (exact) mass is 378 g/mol. The largest absolute Gasteiger partial charge is 0.497 e. The number of nitrogens with zero attached hydrogens (tertiary/aromatic N) is 4. The number of hydrogen-bond donors (Lipinski definition) is 0. The quantitative estimate of drug-likeness (QED) is 0.683. The minimum atomic E-state index is -0.160. The van der Waals surface area contributed by atoms with E-state index in [1.54, 1.807) is 12.0 Å². The molecular formula is C21H22N4O3. The maximum absolute atomic E-state index is 12.9. The van der Waals surface area contributed by atoms with E-state index < -0.39 is 0 Å². The van der Waals surface area contributed by atoms with Crippen LogP contribution in [0, 0.1) is 0 Å². The van der Waals surface area contributed by atoms with E-state index in [1.165, 1.54) is 13.4 Å². The summed E-state index contributed by atoms with van der Waals surface area (Å²) in [6.45, 7) is -0.0105. The van der Waals surface area contributed by atoms with Crippen molar-refractivity contribution in [1.29, 1.82) is 0 Å². The Hall–Kier alpha value is -3.19. The van der Waals surface area contributed by atoms with E-state index in [0.717, 1.165) is 16.9 Å². The standard InChI is InChI=1S/C21H22N4O3/c1-27-13-20(26)24-18(15-6-4-3-5-7-15)12-19(25-21(24)22-14-23-25)16-8-10-17(28-2)11-9-16/h3-11,14,18-19H,12-13H2,1-2H3/t18-,19+/m1/s1. The first-order valence-corrected chi connectivity index (χ1v) is 9.12. The summed E-state index contributed by atoms with van der Waals surface area (Å²) in [4.78, 5) is 19.0. The zero-order valence-corrected chi connectivity index (χ0v) is 15.9. The van der Waals surface area contributed by atoms with Crippen molar-refractivity contribution >= 4 is 11.9 Å². The molecule has 0 fully saturated rings. The van der Waals surface area contributed by atoms with Crippen molar-refractivity contribution in [3.8, 4) is 5.75 Å². The van der Waals surface area contributed by atoms with Crippen molar-refractivity contribution in [3.05, 3.63) is 72.1 Å². The Morgan fingerprint density at radius 3 is 2.43 bits per heavy atom. The Balaban J connectivity index is 1.79. The number of hydrogen-bond acceptors (Lipinski definition) is 5. The molecule has 0 aliphatic carbocycles. The fourth-order valence-electron chi connectivity index (χ4n) is 3.73. The average Bonchev–Trinajstić information content (AvgIpc) is 3.23. The molecule has 1 aliphatic heterocycles. The molecule has 1 aliphatic rings. The molecule has 2 aromatic carbocycles. The van der Waals surface area contributed by atoms with Gasteiger partial charge in [-0.25, -0.2) is 4.68 Å². The molecule has 0 saturated heterocycles. The molecule has 0 unspecified atom stereocenters. The van der Waals surface area contributed by atoms with Crippen LogP contribution in [0.5, 0.6) is 5.75 Å². The van der Waals surface area contributed by atoms with Crippen LogP contribution < -0.4 is 9.64 Å². The second kappa shape index (κ2) is 7.82. The van der Waals surface area contributed by atoms with Crippen molar-refractivity contribution in [2.75, 3.05) is 25.7 Å². The molecule has 2 atom stereocenters. The van der Waals surface area contributed by atoms with Crippen molar-refractivity contribution in [1.82, 2.24) is 14.8 Å². The number of rotatable bonds is 5. The van der Waals surface area contributed by atoms with Gasteiger partial charge in [0.1, 0.15) is 18.7 Å². The summed E-state index contributed by atoms with van der Waals surface area (Å²) in [5.41, 5.74) is 2.15. The Morgan fingerprint density at radius 2 is 1.75 bits per heavy atom. The van der Waals surface area contributed by atoms with E-state index in [4.69, 9.17) is 9.47 Å². The van der Waals surface area contributed by atoms with Gasteiger partial charge in [0.05, 0.1) is 19.2 Å². The molecule has 4 rings (SSSR count). The minimum absolute atomic E-state index is 0.0105. The summed E-state index contributed by atoms with van der Waals surface area (Å²) in [5.74, 6) is 1.19.